The van der Waals surface area contributed by atoms with Crippen molar-refractivity contribution in [2.45, 2.75) is 38.5 Å². The van der Waals surface area contributed by atoms with Crippen molar-refractivity contribution in [1.29, 1.82) is 0 Å². The normalized spacial score (nSPS) is 27.0. The fourth-order valence-electron chi connectivity index (χ4n) is 1.83. The predicted octanol–water partition coefficient (Wildman–Crippen LogP) is 3.08. The van der Waals surface area contributed by atoms with Crippen molar-refractivity contribution >= 4 is 11.6 Å². The molecule has 0 spiro atoms. The van der Waals surface area contributed by atoms with E-state index in [4.69, 9.17) is 0 Å². The van der Waals surface area contributed by atoms with E-state index in [1.54, 1.807) is 0 Å². The van der Waals surface area contributed by atoms with Gasteiger partial charge in [0.2, 0.25) is 0 Å². The Labute approximate surface area is 97.4 Å². The third-order valence-electron chi connectivity index (χ3n) is 3.29. The molecule has 16 heavy (non-hydrogen) atoms. The molecule has 0 amide bonds. The van der Waals surface area contributed by atoms with Gasteiger partial charge in [-0.2, -0.15) is 0 Å². The molecule has 0 bridgehead atoms. The fourth-order valence-corrected chi connectivity index (χ4v) is 1.83. The molecule has 2 heteroatoms. The highest BCUT2D eigenvalue weighted by Gasteiger charge is 2.26. The van der Waals surface area contributed by atoms with E-state index in [1.807, 2.05) is 12.2 Å². The third-order valence-corrected chi connectivity index (χ3v) is 3.29. The average Bonchev–Trinajstić information content (AvgIpc) is 2.30. The first-order valence-electron chi connectivity index (χ1n) is 5.96. The topological polar surface area (TPSA) is 34.1 Å². The van der Waals surface area contributed by atoms with Crippen LogP contribution in [0.15, 0.2) is 25.3 Å². The second kappa shape index (κ2) is 6.41. The predicted molar refractivity (Wildman–Crippen MR) is 65.1 cm³/mol. The fraction of sp³-hybridized carbons (Fsp3) is 0.571. The Bertz CT molecular complexity index is 261. The van der Waals surface area contributed by atoms with E-state index in [9.17, 15) is 9.59 Å². The van der Waals surface area contributed by atoms with E-state index in [1.165, 1.54) is 0 Å². The van der Waals surface area contributed by atoms with Gasteiger partial charge in [0.05, 0.1) is 0 Å². The summed E-state index contributed by atoms with van der Waals surface area (Å²) in [7, 11) is 0. The summed E-state index contributed by atoms with van der Waals surface area (Å²) in [4.78, 5) is 21.1. The zero-order valence-electron chi connectivity index (χ0n) is 9.78. The molecule has 2 saturated carbocycles. The van der Waals surface area contributed by atoms with Gasteiger partial charge in [0.25, 0.3) is 0 Å². The van der Waals surface area contributed by atoms with Crippen LogP contribution in [-0.2, 0) is 9.59 Å². The Morgan fingerprint density at radius 3 is 1.38 bits per heavy atom. The van der Waals surface area contributed by atoms with Crippen molar-refractivity contribution in [1.82, 2.24) is 0 Å². The van der Waals surface area contributed by atoms with E-state index < -0.39 is 0 Å². The van der Waals surface area contributed by atoms with Crippen molar-refractivity contribution in [3.8, 4) is 0 Å². The number of hydrogen-bond acceptors (Lipinski definition) is 2. The van der Waals surface area contributed by atoms with Gasteiger partial charge in [0, 0.05) is 24.7 Å². The largest absolute Gasteiger partial charge is 0.299 e. The number of allylic oxidation sites excluding steroid dienone is 2. The minimum atomic E-state index is 0.340. The first-order chi connectivity index (χ1) is 7.69. The maximum absolute atomic E-state index is 10.6. The molecule has 0 aliphatic heterocycles. The molecule has 2 aliphatic carbocycles. The molecule has 2 aliphatic rings. The van der Waals surface area contributed by atoms with E-state index in [0.29, 0.717) is 23.4 Å². The van der Waals surface area contributed by atoms with Gasteiger partial charge in [-0.05, 0) is 25.7 Å². The molecule has 0 saturated heterocycles. The molecule has 2 rings (SSSR count). The maximum atomic E-state index is 10.6. The zero-order valence-corrected chi connectivity index (χ0v) is 9.78. The second-order valence-electron chi connectivity index (χ2n) is 4.45. The molecular formula is C14H20O2. The number of hydrogen-bond donors (Lipinski definition) is 0. The van der Waals surface area contributed by atoms with Crippen molar-refractivity contribution in [2.24, 2.45) is 11.8 Å². The Hall–Kier alpha value is -1.18. The van der Waals surface area contributed by atoms with Gasteiger partial charge in [0.1, 0.15) is 11.6 Å². The van der Waals surface area contributed by atoms with Gasteiger partial charge in [-0.3, -0.25) is 9.59 Å². The Morgan fingerprint density at radius 1 is 0.938 bits per heavy atom. The van der Waals surface area contributed by atoms with Gasteiger partial charge >= 0.3 is 0 Å². The summed E-state index contributed by atoms with van der Waals surface area (Å²) in [5.41, 5.74) is 0. The lowest BCUT2D eigenvalue weighted by Gasteiger charge is -2.21. The highest BCUT2D eigenvalue weighted by Crippen LogP contribution is 2.25. The summed E-state index contributed by atoms with van der Waals surface area (Å²) in [5, 5.41) is 0. The van der Waals surface area contributed by atoms with E-state index in [2.05, 4.69) is 13.2 Å². The van der Waals surface area contributed by atoms with Crippen LogP contribution >= 0.6 is 0 Å². The summed E-state index contributed by atoms with van der Waals surface area (Å²) in [5.74, 6) is 1.52. The van der Waals surface area contributed by atoms with Crippen molar-refractivity contribution in [2.75, 3.05) is 0 Å². The zero-order chi connectivity index (χ0) is 12.0. The Balaban J connectivity index is 0.000000160. The minimum absolute atomic E-state index is 0.340. The Morgan fingerprint density at radius 2 is 1.31 bits per heavy atom. The van der Waals surface area contributed by atoms with E-state index >= 15 is 0 Å². The van der Waals surface area contributed by atoms with Gasteiger partial charge in [-0.1, -0.05) is 12.2 Å². The first-order valence-corrected chi connectivity index (χ1v) is 5.96. The van der Waals surface area contributed by atoms with Crippen LogP contribution in [0, 0.1) is 11.8 Å². The molecule has 0 unspecified atom stereocenters. The smallest absolute Gasteiger partial charge is 0.136 e. The van der Waals surface area contributed by atoms with Gasteiger partial charge < -0.3 is 0 Å². The van der Waals surface area contributed by atoms with Gasteiger partial charge in [-0.15, -0.1) is 13.2 Å². The molecule has 0 aromatic carbocycles. The molecule has 0 aromatic rings. The highest BCUT2D eigenvalue weighted by atomic mass is 16.1. The van der Waals surface area contributed by atoms with Crippen LogP contribution in [0.4, 0.5) is 0 Å². The average molecular weight is 220 g/mol. The molecule has 2 nitrogen and oxygen atoms in total. The summed E-state index contributed by atoms with van der Waals surface area (Å²) < 4.78 is 0. The van der Waals surface area contributed by atoms with Crippen molar-refractivity contribution in [3.63, 3.8) is 0 Å². The standard InChI is InChI=1S/2C7H10O/c2*1-2-3-6-4-5-7(6)8/h2*2,6H,1,3-5H2/t2*6-/m10/s1. The second-order valence-corrected chi connectivity index (χ2v) is 4.45. The van der Waals surface area contributed by atoms with Crippen LogP contribution in [0.2, 0.25) is 0 Å². The van der Waals surface area contributed by atoms with E-state index in [-0.39, 0.29) is 0 Å². The number of carbonyl (C=O) groups excluding carboxylic acids is 2. The number of rotatable bonds is 4. The molecule has 0 heterocycles. The highest BCUT2D eigenvalue weighted by molar-refractivity contribution is 5.86. The van der Waals surface area contributed by atoms with Crippen molar-refractivity contribution in [3.05, 3.63) is 25.3 Å². The summed E-state index contributed by atoms with van der Waals surface area (Å²) in [6.45, 7) is 7.13. The lowest BCUT2D eigenvalue weighted by molar-refractivity contribution is -0.129. The van der Waals surface area contributed by atoms with Gasteiger partial charge in [-0.25, -0.2) is 0 Å². The maximum Gasteiger partial charge on any atom is 0.136 e. The van der Waals surface area contributed by atoms with Crippen molar-refractivity contribution < 1.29 is 9.59 Å². The van der Waals surface area contributed by atoms with Crippen LogP contribution < -0.4 is 0 Å². The molecule has 0 N–H and O–H groups in total. The third kappa shape index (κ3) is 3.44. The Kier molecular flexibility index (Phi) is 5.17. The van der Waals surface area contributed by atoms with Crippen LogP contribution in [0.5, 0.6) is 0 Å². The van der Waals surface area contributed by atoms with Crippen LogP contribution in [0.25, 0.3) is 0 Å². The monoisotopic (exact) mass is 220 g/mol. The van der Waals surface area contributed by atoms with Gasteiger partial charge in [0.15, 0.2) is 0 Å². The molecule has 0 aromatic heterocycles. The lowest BCUT2D eigenvalue weighted by atomic mass is 9.81. The van der Waals surface area contributed by atoms with E-state index in [0.717, 1.165) is 38.5 Å². The SMILES string of the molecule is C=CC[C@@H]1CCC1=O.C=CC[C@H]1CCC1=O. The summed E-state index contributed by atoms with van der Waals surface area (Å²) in [6, 6.07) is 0. The minimum Gasteiger partial charge on any atom is -0.299 e. The molecular weight excluding hydrogens is 200 g/mol. The summed E-state index contributed by atoms with van der Waals surface area (Å²) in [6.07, 6.45) is 9.20. The van der Waals surface area contributed by atoms with Crippen LogP contribution in [0.3, 0.4) is 0 Å². The molecule has 2 fully saturated rings. The molecule has 0 radical (unpaired) electrons. The van der Waals surface area contributed by atoms with Crippen LogP contribution in [0.1, 0.15) is 38.5 Å². The lowest BCUT2D eigenvalue weighted by Crippen LogP contribution is -2.24. The quantitative estimate of drug-likeness (QED) is 0.682. The molecule has 2 atom stereocenters. The summed E-state index contributed by atoms with van der Waals surface area (Å²) >= 11 is 0. The number of ketones is 2. The number of carbonyl (C=O) groups is 2. The number of Topliss-reactive ketones (excluding diaryl/α,β-unsaturated/α-hetero) is 2. The van der Waals surface area contributed by atoms with Crippen LogP contribution in [-0.4, -0.2) is 11.6 Å². The molecule has 88 valence electrons. The first kappa shape index (κ1) is 12.9.